The molecule has 0 unspecified atom stereocenters. The van der Waals surface area contributed by atoms with Crippen molar-refractivity contribution in [2.24, 2.45) is 0 Å². The Bertz CT molecular complexity index is 1150. The summed E-state index contributed by atoms with van der Waals surface area (Å²) >= 11 is 8.00. The molecule has 0 saturated carbocycles. The normalized spacial score (nSPS) is 11.1. The number of imidazole rings is 1. The van der Waals surface area contributed by atoms with Crippen LogP contribution in [0.3, 0.4) is 0 Å². The highest BCUT2D eigenvalue weighted by Crippen LogP contribution is 2.37. The van der Waals surface area contributed by atoms with Crippen LogP contribution in [0.5, 0.6) is 5.75 Å². The minimum atomic E-state index is -0.443. The molecule has 0 spiro atoms. The van der Waals surface area contributed by atoms with Gasteiger partial charge in [-0.15, -0.1) is 11.8 Å². The zero-order valence-corrected chi connectivity index (χ0v) is 16.2. The van der Waals surface area contributed by atoms with Crippen molar-refractivity contribution in [1.29, 1.82) is 0 Å². The minimum Gasteiger partial charge on any atom is -0.494 e. The summed E-state index contributed by atoms with van der Waals surface area (Å²) in [6, 6.07) is 12.5. The van der Waals surface area contributed by atoms with Gasteiger partial charge in [-0.3, -0.25) is 4.40 Å². The summed E-state index contributed by atoms with van der Waals surface area (Å²) in [4.78, 5) is 9.94. The Hall–Kier alpha value is -2.57. The smallest absolute Gasteiger partial charge is 0.234 e. The summed E-state index contributed by atoms with van der Waals surface area (Å²) in [7, 11) is 1.44. The van der Waals surface area contributed by atoms with Crippen molar-refractivity contribution in [3.8, 4) is 28.3 Å². The quantitative estimate of drug-likeness (QED) is 0.419. The van der Waals surface area contributed by atoms with E-state index in [9.17, 15) is 4.39 Å². The molecule has 136 valence electrons. The largest absolute Gasteiger partial charge is 0.494 e. The van der Waals surface area contributed by atoms with E-state index in [0.29, 0.717) is 22.1 Å². The van der Waals surface area contributed by atoms with E-state index in [1.54, 1.807) is 30.1 Å². The predicted octanol–water partition coefficient (Wildman–Crippen LogP) is 5.59. The molecule has 2 aromatic carbocycles. The summed E-state index contributed by atoms with van der Waals surface area (Å²) in [5, 5.41) is 0.658. The molecule has 0 fully saturated rings. The molecule has 0 saturated heterocycles. The number of aromatic nitrogens is 3. The molecule has 4 rings (SSSR count). The number of hydrogen-bond acceptors (Lipinski definition) is 4. The maximum Gasteiger partial charge on any atom is 0.234 e. The van der Waals surface area contributed by atoms with Gasteiger partial charge in [0, 0.05) is 28.4 Å². The molecule has 7 heteroatoms. The summed E-state index contributed by atoms with van der Waals surface area (Å²) in [6.45, 7) is 0. The molecule has 0 aliphatic carbocycles. The fourth-order valence-corrected chi connectivity index (χ4v) is 3.86. The molecule has 0 aliphatic rings. The molecule has 0 atom stereocenters. The van der Waals surface area contributed by atoms with Gasteiger partial charge in [0.15, 0.2) is 11.6 Å². The van der Waals surface area contributed by atoms with Gasteiger partial charge in [0.2, 0.25) is 5.78 Å². The summed E-state index contributed by atoms with van der Waals surface area (Å²) in [5.74, 6) is 0.278. The van der Waals surface area contributed by atoms with Crippen molar-refractivity contribution in [1.82, 2.24) is 14.4 Å². The second kappa shape index (κ2) is 7.21. The zero-order valence-electron chi connectivity index (χ0n) is 14.6. The van der Waals surface area contributed by atoms with E-state index in [4.69, 9.17) is 16.3 Å². The van der Waals surface area contributed by atoms with Crippen LogP contribution in [0.2, 0.25) is 5.02 Å². The van der Waals surface area contributed by atoms with E-state index in [-0.39, 0.29) is 5.75 Å². The molecule has 4 aromatic rings. The Balaban J connectivity index is 1.98. The monoisotopic (exact) mass is 399 g/mol. The number of halogens is 2. The molecular weight excluding hydrogens is 385 g/mol. The fourth-order valence-electron chi connectivity index (χ4n) is 2.99. The molecule has 4 nitrogen and oxygen atoms in total. The molecule has 0 N–H and O–H groups in total. The number of methoxy groups -OCH3 is 1. The van der Waals surface area contributed by atoms with Crippen LogP contribution in [-0.4, -0.2) is 27.7 Å². The van der Waals surface area contributed by atoms with Gasteiger partial charge in [0.05, 0.1) is 23.5 Å². The van der Waals surface area contributed by atoms with E-state index < -0.39 is 5.82 Å². The van der Waals surface area contributed by atoms with Gasteiger partial charge >= 0.3 is 0 Å². The molecule has 0 bridgehead atoms. The molecule has 27 heavy (non-hydrogen) atoms. The van der Waals surface area contributed by atoms with Gasteiger partial charge in [-0.25, -0.2) is 14.4 Å². The lowest BCUT2D eigenvalue weighted by Crippen LogP contribution is -1.92. The predicted molar refractivity (Wildman–Crippen MR) is 107 cm³/mol. The lowest BCUT2D eigenvalue weighted by Gasteiger charge is -2.09. The van der Waals surface area contributed by atoms with Crippen molar-refractivity contribution in [3.63, 3.8) is 0 Å². The first-order valence-corrected chi connectivity index (χ1v) is 9.73. The van der Waals surface area contributed by atoms with Crippen molar-refractivity contribution in [2.45, 2.75) is 4.90 Å². The molecule has 0 aliphatic heterocycles. The first-order chi connectivity index (χ1) is 13.1. The van der Waals surface area contributed by atoms with Gasteiger partial charge in [-0.05, 0) is 42.7 Å². The Morgan fingerprint density at radius 2 is 1.96 bits per heavy atom. The molecule has 0 amide bonds. The number of nitrogens with zero attached hydrogens (tertiary/aromatic N) is 3. The van der Waals surface area contributed by atoms with E-state index in [0.717, 1.165) is 16.2 Å². The van der Waals surface area contributed by atoms with Crippen LogP contribution in [0.1, 0.15) is 0 Å². The number of thioether (sulfide) groups is 1. The molecular formula is C20H15ClFN3OS. The van der Waals surface area contributed by atoms with Crippen molar-refractivity contribution in [3.05, 3.63) is 65.7 Å². The van der Waals surface area contributed by atoms with E-state index >= 15 is 0 Å². The van der Waals surface area contributed by atoms with Crippen LogP contribution in [0, 0.1) is 5.82 Å². The third-order valence-corrected chi connectivity index (χ3v) is 5.47. The van der Waals surface area contributed by atoms with E-state index in [2.05, 4.69) is 9.97 Å². The van der Waals surface area contributed by atoms with Gasteiger partial charge < -0.3 is 4.74 Å². The number of benzene rings is 2. The van der Waals surface area contributed by atoms with Crippen molar-refractivity contribution in [2.75, 3.05) is 13.4 Å². The minimum absolute atomic E-state index is 0.189. The maximum absolute atomic E-state index is 14.3. The van der Waals surface area contributed by atoms with E-state index in [1.165, 1.54) is 13.2 Å². The first-order valence-electron chi connectivity index (χ1n) is 8.13. The number of hydrogen-bond donors (Lipinski definition) is 0. The topological polar surface area (TPSA) is 39.4 Å². The van der Waals surface area contributed by atoms with Gasteiger partial charge in [0.25, 0.3) is 0 Å². The van der Waals surface area contributed by atoms with Gasteiger partial charge in [0.1, 0.15) is 0 Å². The van der Waals surface area contributed by atoms with E-state index in [1.807, 2.05) is 41.1 Å². The third kappa shape index (κ3) is 3.15. The van der Waals surface area contributed by atoms with Crippen LogP contribution >= 0.6 is 23.4 Å². The Kier molecular flexibility index (Phi) is 4.76. The van der Waals surface area contributed by atoms with Crippen molar-refractivity contribution >= 4 is 29.1 Å². The fraction of sp³-hybridized carbons (Fsp3) is 0.100. The van der Waals surface area contributed by atoms with Gasteiger partial charge in [-0.1, -0.05) is 17.7 Å². The highest BCUT2D eigenvalue weighted by molar-refractivity contribution is 7.98. The van der Waals surface area contributed by atoms with Crippen LogP contribution < -0.4 is 4.74 Å². The molecule has 2 aromatic heterocycles. The molecule has 0 radical (unpaired) electrons. The second-order valence-electron chi connectivity index (χ2n) is 5.80. The van der Waals surface area contributed by atoms with Gasteiger partial charge in [-0.2, -0.15) is 0 Å². The lowest BCUT2D eigenvalue weighted by atomic mass is 10.0. The Morgan fingerprint density at radius 1 is 1.15 bits per heavy atom. The maximum atomic E-state index is 14.3. The first kappa shape index (κ1) is 17.8. The highest BCUT2D eigenvalue weighted by atomic mass is 35.5. The van der Waals surface area contributed by atoms with Crippen LogP contribution in [0.25, 0.3) is 28.3 Å². The van der Waals surface area contributed by atoms with Crippen LogP contribution in [0.15, 0.2) is 59.8 Å². The highest BCUT2D eigenvalue weighted by Gasteiger charge is 2.18. The van der Waals surface area contributed by atoms with Crippen LogP contribution in [-0.2, 0) is 0 Å². The van der Waals surface area contributed by atoms with Crippen LogP contribution in [0.4, 0.5) is 4.39 Å². The average molecular weight is 400 g/mol. The number of ether oxygens (including phenoxy) is 1. The summed E-state index contributed by atoms with van der Waals surface area (Å²) in [6.07, 6.45) is 5.53. The summed E-state index contributed by atoms with van der Waals surface area (Å²) < 4.78 is 21.2. The second-order valence-corrected chi connectivity index (χ2v) is 7.05. The Labute approximate surface area is 165 Å². The average Bonchev–Trinajstić information content (AvgIpc) is 3.07. The SMILES string of the molecule is COc1ccc(-c2nc3ncccn3c2-c2ccc(SC)c(Cl)c2)cc1F. The molecule has 2 heterocycles. The third-order valence-electron chi connectivity index (χ3n) is 4.25. The Morgan fingerprint density at radius 3 is 2.67 bits per heavy atom. The number of fused-ring (bicyclic) bond motifs is 1. The zero-order chi connectivity index (χ0) is 19.0. The summed E-state index contributed by atoms with van der Waals surface area (Å²) in [5.41, 5.74) is 2.95. The van der Waals surface area contributed by atoms with Crippen molar-refractivity contribution < 1.29 is 9.13 Å². The number of rotatable bonds is 4. The lowest BCUT2D eigenvalue weighted by molar-refractivity contribution is 0.386. The standard InChI is InChI=1S/C20H15ClFN3OS/c1-26-16-6-4-12(11-15(16)22)18-19(25-9-3-8-23-20(25)24-18)13-5-7-17(27-2)14(21)10-13/h3-11H,1-2H3.